The maximum Gasteiger partial charge on any atom is 0.231 e. The van der Waals surface area contributed by atoms with Crippen LogP contribution in [0.2, 0.25) is 0 Å². The van der Waals surface area contributed by atoms with Crippen molar-refractivity contribution in [3.8, 4) is 5.75 Å². The minimum absolute atomic E-state index is 0.290. The summed E-state index contributed by atoms with van der Waals surface area (Å²) in [6.45, 7) is 3.23. The van der Waals surface area contributed by atoms with Crippen LogP contribution in [0.4, 0.5) is 0 Å². The van der Waals surface area contributed by atoms with E-state index < -0.39 is 0 Å². The Morgan fingerprint density at radius 3 is 2.72 bits per heavy atom. The molecule has 2 N–H and O–H groups in total. The van der Waals surface area contributed by atoms with Crippen LogP contribution in [0.3, 0.4) is 0 Å². The summed E-state index contributed by atoms with van der Waals surface area (Å²) in [6.07, 6.45) is 1.86. The lowest BCUT2D eigenvalue weighted by Crippen LogP contribution is -2.32. The summed E-state index contributed by atoms with van der Waals surface area (Å²) >= 11 is 0. The van der Waals surface area contributed by atoms with E-state index in [0.717, 1.165) is 25.1 Å². The van der Waals surface area contributed by atoms with Gasteiger partial charge in [0.15, 0.2) is 0 Å². The Morgan fingerprint density at radius 1 is 1.44 bits per heavy atom. The molecule has 0 bridgehead atoms. The van der Waals surface area contributed by atoms with Crippen LogP contribution in [-0.4, -0.2) is 38.1 Å². The number of carbonyl (C=O) groups is 1. The topological polar surface area (TPSA) is 55.6 Å². The van der Waals surface area contributed by atoms with E-state index in [4.69, 9.17) is 10.5 Å². The summed E-state index contributed by atoms with van der Waals surface area (Å²) in [5.74, 6) is 0.646. The van der Waals surface area contributed by atoms with E-state index in [9.17, 15) is 4.79 Å². The Hall–Kier alpha value is -1.55. The molecule has 1 aromatic rings. The molecule has 4 nitrogen and oxygen atoms in total. The van der Waals surface area contributed by atoms with Crippen LogP contribution in [0.1, 0.15) is 18.1 Å². The van der Waals surface area contributed by atoms with Crippen LogP contribution >= 0.6 is 0 Å². The van der Waals surface area contributed by atoms with Gasteiger partial charge in [-0.15, -0.1) is 0 Å². The van der Waals surface area contributed by atoms with Gasteiger partial charge in [0.2, 0.25) is 5.91 Å². The van der Waals surface area contributed by atoms with Crippen molar-refractivity contribution in [1.29, 1.82) is 0 Å². The molecule has 0 saturated heterocycles. The number of amides is 1. The molecule has 0 aliphatic rings. The first-order valence-corrected chi connectivity index (χ1v) is 6.19. The largest absolute Gasteiger partial charge is 0.496 e. The predicted octanol–water partition coefficient (Wildman–Crippen LogP) is 1.22. The van der Waals surface area contributed by atoms with Crippen molar-refractivity contribution in [2.24, 2.45) is 5.73 Å². The van der Waals surface area contributed by atoms with E-state index >= 15 is 0 Å². The van der Waals surface area contributed by atoms with Crippen molar-refractivity contribution >= 4 is 5.91 Å². The van der Waals surface area contributed by atoms with Crippen LogP contribution in [0.15, 0.2) is 18.2 Å². The highest BCUT2D eigenvalue weighted by Gasteiger charge is 2.05. The summed E-state index contributed by atoms with van der Waals surface area (Å²) < 4.78 is 5.30. The van der Waals surface area contributed by atoms with Gasteiger partial charge in [0.1, 0.15) is 5.75 Å². The molecule has 0 aliphatic heterocycles. The number of ether oxygens (including phenoxy) is 1. The molecule has 1 amide bonds. The Kier molecular flexibility index (Phi) is 5.65. The smallest absolute Gasteiger partial charge is 0.231 e. The van der Waals surface area contributed by atoms with Crippen molar-refractivity contribution < 1.29 is 9.53 Å². The number of nitrogens with two attached hydrogens (primary N) is 1. The molecule has 0 aromatic heterocycles. The molecule has 0 unspecified atom stereocenters. The molecule has 0 heterocycles. The van der Waals surface area contributed by atoms with E-state index in [0.29, 0.717) is 6.54 Å². The third-order valence-corrected chi connectivity index (χ3v) is 2.93. The molecule has 1 aromatic carbocycles. The molecular weight excluding hydrogens is 228 g/mol. The molecule has 100 valence electrons. The molecule has 0 atom stereocenters. The number of carbonyl (C=O) groups excluding carboxylic acids is 1. The Morgan fingerprint density at radius 2 is 2.17 bits per heavy atom. The molecule has 0 fully saturated rings. The Labute approximate surface area is 109 Å². The van der Waals surface area contributed by atoms with Crippen molar-refractivity contribution in [2.75, 3.05) is 27.2 Å². The summed E-state index contributed by atoms with van der Waals surface area (Å²) in [7, 11) is 3.59. The monoisotopic (exact) mass is 250 g/mol. The summed E-state index contributed by atoms with van der Waals surface area (Å²) in [6, 6.07) is 6.23. The van der Waals surface area contributed by atoms with Crippen molar-refractivity contribution in [3.05, 3.63) is 29.3 Å². The number of primary amides is 1. The summed E-state index contributed by atoms with van der Waals surface area (Å²) in [5.41, 5.74) is 7.62. The number of rotatable bonds is 7. The van der Waals surface area contributed by atoms with E-state index in [1.165, 1.54) is 11.1 Å². The van der Waals surface area contributed by atoms with Gasteiger partial charge in [-0.25, -0.2) is 0 Å². The molecule has 18 heavy (non-hydrogen) atoms. The number of hydrogen-bond acceptors (Lipinski definition) is 3. The van der Waals surface area contributed by atoms with Crippen LogP contribution in [0.25, 0.3) is 0 Å². The maximum absolute atomic E-state index is 10.8. The molecule has 4 heteroatoms. The fourth-order valence-electron chi connectivity index (χ4n) is 1.93. The van der Waals surface area contributed by atoms with Gasteiger partial charge in [-0.3, -0.25) is 9.69 Å². The normalized spacial score (nSPS) is 10.7. The van der Waals surface area contributed by atoms with E-state index in [-0.39, 0.29) is 5.91 Å². The minimum atomic E-state index is -0.290. The zero-order valence-electron chi connectivity index (χ0n) is 11.4. The second kappa shape index (κ2) is 7.01. The second-order valence-corrected chi connectivity index (χ2v) is 4.45. The average Bonchev–Trinajstić information content (AvgIpc) is 2.35. The fourth-order valence-corrected chi connectivity index (χ4v) is 1.93. The first kappa shape index (κ1) is 14.5. The second-order valence-electron chi connectivity index (χ2n) is 4.45. The van der Waals surface area contributed by atoms with Gasteiger partial charge in [-0.1, -0.05) is 19.1 Å². The Balaban J connectivity index is 2.60. The van der Waals surface area contributed by atoms with E-state index in [2.05, 4.69) is 19.1 Å². The molecule has 1 rings (SSSR count). The first-order chi connectivity index (χ1) is 8.56. The molecule has 0 saturated carbocycles. The highest BCUT2D eigenvalue weighted by molar-refractivity contribution is 5.75. The van der Waals surface area contributed by atoms with Crippen molar-refractivity contribution in [2.45, 2.75) is 19.8 Å². The number of nitrogens with zero attached hydrogens (tertiary/aromatic N) is 1. The van der Waals surface area contributed by atoms with Crippen molar-refractivity contribution in [1.82, 2.24) is 4.90 Å². The highest BCUT2D eigenvalue weighted by Crippen LogP contribution is 2.20. The maximum atomic E-state index is 10.8. The Bertz CT molecular complexity index is 405. The van der Waals surface area contributed by atoms with Crippen LogP contribution < -0.4 is 10.5 Å². The minimum Gasteiger partial charge on any atom is -0.496 e. The third-order valence-electron chi connectivity index (χ3n) is 2.93. The highest BCUT2D eigenvalue weighted by atomic mass is 16.5. The lowest BCUT2D eigenvalue weighted by atomic mass is 10.1. The van der Waals surface area contributed by atoms with Crippen LogP contribution in [-0.2, 0) is 17.6 Å². The van der Waals surface area contributed by atoms with E-state index in [1.54, 1.807) is 7.11 Å². The van der Waals surface area contributed by atoms with Gasteiger partial charge in [0.05, 0.1) is 13.7 Å². The lowest BCUT2D eigenvalue weighted by molar-refractivity contribution is -0.118. The number of likely N-dealkylation sites (N-methyl/N-ethyl adjacent to an activating group) is 1. The van der Waals surface area contributed by atoms with Crippen LogP contribution in [0, 0.1) is 0 Å². The summed E-state index contributed by atoms with van der Waals surface area (Å²) in [4.78, 5) is 12.7. The lowest BCUT2D eigenvalue weighted by Gasteiger charge is -2.15. The van der Waals surface area contributed by atoms with Gasteiger partial charge in [0, 0.05) is 6.54 Å². The van der Waals surface area contributed by atoms with E-state index in [1.807, 2.05) is 18.0 Å². The van der Waals surface area contributed by atoms with Gasteiger partial charge < -0.3 is 10.5 Å². The van der Waals surface area contributed by atoms with Gasteiger partial charge in [0.25, 0.3) is 0 Å². The van der Waals surface area contributed by atoms with Crippen molar-refractivity contribution in [3.63, 3.8) is 0 Å². The van der Waals surface area contributed by atoms with Crippen LogP contribution in [0.5, 0.6) is 5.75 Å². The third kappa shape index (κ3) is 4.37. The number of aryl methyl sites for hydroxylation is 1. The standard InChI is InChI=1S/C14H22N2O2/c1-4-12-9-11(5-6-13(12)18-3)7-8-16(2)10-14(15)17/h5-6,9H,4,7-8,10H2,1-3H3,(H2,15,17). The predicted molar refractivity (Wildman–Crippen MR) is 72.8 cm³/mol. The molecule has 0 aliphatic carbocycles. The SMILES string of the molecule is CCc1cc(CCN(C)CC(N)=O)ccc1OC. The molecule has 0 radical (unpaired) electrons. The first-order valence-electron chi connectivity index (χ1n) is 6.19. The zero-order valence-corrected chi connectivity index (χ0v) is 11.4. The zero-order chi connectivity index (χ0) is 13.5. The summed E-state index contributed by atoms with van der Waals surface area (Å²) in [5, 5.41) is 0. The molecule has 0 spiro atoms. The fraction of sp³-hybridized carbons (Fsp3) is 0.500. The van der Waals surface area contributed by atoms with Gasteiger partial charge >= 0.3 is 0 Å². The quantitative estimate of drug-likeness (QED) is 0.791. The van der Waals surface area contributed by atoms with Gasteiger partial charge in [-0.05, 0) is 37.1 Å². The molecular formula is C14H22N2O2. The number of benzene rings is 1. The number of hydrogen-bond donors (Lipinski definition) is 1. The van der Waals surface area contributed by atoms with Gasteiger partial charge in [-0.2, -0.15) is 0 Å². The number of methoxy groups -OCH3 is 1. The average molecular weight is 250 g/mol.